The molecule has 1 saturated heterocycles. The van der Waals surface area contributed by atoms with E-state index in [4.69, 9.17) is 9.84 Å². The zero-order chi connectivity index (χ0) is 32.0. The molecule has 1 aliphatic rings. The van der Waals surface area contributed by atoms with Gasteiger partial charge in [0.25, 0.3) is 5.91 Å². The van der Waals surface area contributed by atoms with Gasteiger partial charge in [-0.25, -0.2) is 4.39 Å². The van der Waals surface area contributed by atoms with Crippen molar-refractivity contribution in [2.45, 2.75) is 55.9 Å². The zero-order valence-corrected chi connectivity index (χ0v) is 24.0. The summed E-state index contributed by atoms with van der Waals surface area (Å²) in [6.07, 6.45) is -8.01. The second-order valence-corrected chi connectivity index (χ2v) is 10.7. The number of amides is 2. The number of methoxy groups -OCH3 is 1. The molecule has 0 bridgehead atoms. The van der Waals surface area contributed by atoms with Crippen molar-refractivity contribution in [2.75, 3.05) is 18.6 Å². The van der Waals surface area contributed by atoms with E-state index < -0.39 is 54.8 Å². The summed E-state index contributed by atoms with van der Waals surface area (Å²) in [5.74, 6) is -1.37. The lowest BCUT2D eigenvalue weighted by molar-refractivity contribution is -0.149. The van der Waals surface area contributed by atoms with Gasteiger partial charge in [-0.1, -0.05) is 36.4 Å². The third-order valence-corrected chi connectivity index (χ3v) is 7.86. The number of ether oxygens (including phenoxy) is 1. The lowest BCUT2D eigenvalue weighted by atomic mass is 9.78. The van der Waals surface area contributed by atoms with Crippen molar-refractivity contribution < 1.29 is 49.4 Å². The topological polar surface area (TPSA) is 180 Å². The maximum atomic E-state index is 13.5. The number of nitrogens with zero attached hydrogens (tertiary/aromatic N) is 1. The molecule has 1 aliphatic heterocycles. The summed E-state index contributed by atoms with van der Waals surface area (Å²) in [5.41, 5.74) is 2.54. The summed E-state index contributed by atoms with van der Waals surface area (Å²) in [6, 6.07) is 19.4. The van der Waals surface area contributed by atoms with Gasteiger partial charge in [0.1, 0.15) is 29.9 Å². The quantitative estimate of drug-likeness (QED) is 0.131. The third kappa shape index (κ3) is 7.41. The van der Waals surface area contributed by atoms with Gasteiger partial charge < -0.3 is 45.6 Å². The van der Waals surface area contributed by atoms with Gasteiger partial charge in [-0.15, -0.1) is 0 Å². The number of nitrogens with one attached hydrogen (secondary N) is 1. The fourth-order valence-corrected chi connectivity index (χ4v) is 5.28. The monoisotopic (exact) mass is 612 g/mol. The number of β-lactam (4-membered cyclic amide) rings is 1. The number of hydrogen-bond donors (Lipinski definition) is 7. The van der Waals surface area contributed by atoms with Crippen LogP contribution >= 0.6 is 0 Å². The first kappa shape index (κ1) is 33.0. The van der Waals surface area contributed by atoms with Crippen molar-refractivity contribution in [1.82, 2.24) is 5.32 Å². The van der Waals surface area contributed by atoms with E-state index in [1.165, 1.54) is 24.3 Å². The van der Waals surface area contributed by atoms with E-state index in [-0.39, 0.29) is 24.9 Å². The van der Waals surface area contributed by atoms with Gasteiger partial charge in [-0.3, -0.25) is 9.59 Å². The second kappa shape index (κ2) is 14.7. The molecule has 3 aromatic rings. The van der Waals surface area contributed by atoms with Gasteiger partial charge in [0, 0.05) is 12.2 Å². The molecule has 0 aliphatic carbocycles. The van der Waals surface area contributed by atoms with Crippen LogP contribution in [0.3, 0.4) is 0 Å². The van der Waals surface area contributed by atoms with E-state index in [0.717, 1.165) is 5.56 Å². The van der Waals surface area contributed by atoms with Crippen LogP contribution in [0.4, 0.5) is 10.1 Å². The van der Waals surface area contributed by atoms with Crippen LogP contribution < -0.4 is 15.0 Å². The molecule has 0 spiro atoms. The number of hydrogen-bond acceptors (Lipinski definition) is 9. The first-order valence-corrected chi connectivity index (χ1v) is 14.2. The van der Waals surface area contributed by atoms with Gasteiger partial charge in [0.05, 0.1) is 31.8 Å². The number of aliphatic hydroxyl groups excluding tert-OH is 6. The lowest BCUT2D eigenvalue weighted by Crippen LogP contribution is -2.55. The Morgan fingerprint density at radius 2 is 1.66 bits per heavy atom. The van der Waals surface area contributed by atoms with E-state index in [2.05, 4.69) is 5.32 Å². The Bertz CT molecular complexity index is 1410. The molecule has 0 radical (unpaired) electrons. The molecule has 7 atom stereocenters. The van der Waals surface area contributed by atoms with Gasteiger partial charge in [0.15, 0.2) is 6.10 Å². The molecule has 1 fully saturated rings. The van der Waals surface area contributed by atoms with E-state index in [9.17, 15) is 39.5 Å². The van der Waals surface area contributed by atoms with E-state index in [1.54, 1.807) is 48.4 Å². The minimum Gasteiger partial charge on any atom is -0.497 e. The third-order valence-electron chi connectivity index (χ3n) is 7.86. The van der Waals surface area contributed by atoms with Crippen molar-refractivity contribution in [3.63, 3.8) is 0 Å². The number of rotatable bonds is 14. The van der Waals surface area contributed by atoms with Crippen LogP contribution in [0.15, 0.2) is 72.8 Å². The highest BCUT2D eigenvalue weighted by atomic mass is 19.1. The van der Waals surface area contributed by atoms with Gasteiger partial charge >= 0.3 is 0 Å². The highest BCUT2D eigenvalue weighted by molar-refractivity contribution is 6.03. The number of halogens is 1. The van der Waals surface area contributed by atoms with Crippen LogP contribution in [0.2, 0.25) is 0 Å². The molecule has 0 saturated carbocycles. The molecule has 1 heterocycles. The molecular weight excluding hydrogens is 575 g/mol. The lowest BCUT2D eigenvalue weighted by Gasteiger charge is -2.48. The zero-order valence-electron chi connectivity index (χ0n) is 24.0. The SMILES string of the molecule is COc1ccc(C2C(CCC(O)c3ccc(F)cc3)C(=O)N2c2cccc(CNC(=O)C(O)C(O)C(O)C(O)CO)c2)cc1. The molecule has 4 rings (SSSR count). The Labute approximate surface area is 253 Å². The van der Waals surface area contributed by atoms with Crippen LogP contribution in [0.1, 0.15) is 41.7 Å². The van der Waals surface area contributed by atoms with Crippen molar-refractivity contribution in [3.8, 4) is 5.75 Å². The van der Waals surface area contributed by atoms with Gasteiger partial charge in [-0.05, 0) is 65.9 Å². The molecule has 7 N–H and O–H groups in total. The van der Waals surface area contributed by atoms with Crippen LogP contribution in [0.5, 0.6) is 5.75 Å². The van der Waals surface area contributed by atoms with Crippen molar-refractivity contribution >= 4 is 17.5 Å². The Balaban J connectivity index is 1.48. The van der Waals surface area contributed by atoms with Gasteiger partial charge in [-0.2, -0.15) is 0 Å². The highest BCUT2D eigenvalue weighted by Gasteiger charge is 2.48. The van der Waals surface area contributed by atoms with Crippen LogP contribution in [0.25, 0.3) is 0 Å². The summed E-state index contributed by atoms with van der Waals surface area (Å²) in [6.45, 7) is -0.959. The van der Waals surface area contributed by atoms with E-state index in [1.807, 2.05) is 12.1 Å². The molecule has 11 nitrogen and oxygen atoms in total. The first-order chi connectivity index (χ1) is 21.0. The first-order valence-electron chi connectivity index (χ1n) is 14.2. The summed E-state index contributed by atoms with van der Waals surface area (Å²) < 4.78 is 18.6. The van der Waals surface area contributed by atoms with Crippen molar-refractivity contribution in [3.05, 3.63) is 95.3 Å². The molecule has 2 amide bonds. The average Bonchev–Trinajstić information content (AvgIpc) is 3.05. The molecular formula is C32H37FN2O9. The van der Waals surface area contributed by atoms with Crippen LogP contribution in [0, 0.1) is 11.7 Å². The molecule has 3 aromatic carbocycles. The maximum absolute atomic E-state index is 13.5. The smallest absolute Gasteiger partial charge is 0.251 e. The summed E-state index contributed by atoms with van der Waals surface area (Å²) >= 11 is 0. The van der Waals surface area contributed by atoms with E-state index in [0.29, 0.717) is 29.0 Å². The fraction of sp³-hybridized carbons (Fsp3) is 0.375. The largest absolute Gasteiger partial charge is 0.497 e. The standard InChI is InChI=1S/C32H37FN2O9/c1-44-23-11-7-20(8-12-23)27-24(13-14-25(37)19-5-9-21(33)10-6-19)32(43)35(27)22-4-2-3-18(15-22)16-34-31(42)30(41)29(40)28(39)26(38)17-36/h2-12,15,24-30,36-41H,13-14,16-17H2,1H3,(H,34,42). The average molecular weight is 613 g/mol. The Kier molecular flexibility index (Phi) is 11.0. The number of benzene rings is 3. The summed E-state index contributed by atoms with van der Waals surface area (Å²) in [5, 5.41) is 61.4. The molecule has 7 unspecified atom stereocenters. The predicted molar refractivity (Wildman–Crippen MR) is 157 cm³/mol. The normalized spacial score (nSPS) is 19.8. The van der Waals surface area contributed by atoms with Crippen LogP contribution in [-0.2, 0) is 16.1 Å². The second-order valence-electron chi connectivity index (χ2n) is 10.7. The highest BCUT2D eigenvalue weighted by Crippen LogP contribution is 2.46. The van der Waals surface area contributed by atoms with Gasteiger partial charge in [0.2, 0.25) is 5.91 Å². The predicted octanol–water partition coefficient (Wildman–Crippen LogP) is 1.10. The van der Waals surface area contributed by atoms with Crippen LogP contribution in [-0.4, -0.2) is 80.6 Å². The minimum absolute atomic E-state index is 0.0857. The Hall–Kier alpha value is -3.91. The van der Waals surface area contributed by atoms with E-state index >= 15 is 0 Å². The Morgan fingerprint density at radius 1 is 0.977 bits per heavy atom. The van der Waals surface area contributed by atoms with Crippen molar-refractivity contribution in [2.24, 2.45) is 5.92 Å². The number of anilines is 1. The molecule has 0 aromatic heterocycles. The minimum atomic E-state index is -2.07. The molecule has 236 valence electrons. The Morgan fingerprint density at radius 3 is 2.30 bits per heavy atom. The number of carbonyl (C=O) groups is 2. The number of aliphatic hydroxyl groups is 6. The fourth-order valence-electron chi connectivity index (χ4n) is 5.28. The summed E-state index contributed by atoms with van der Waals surface area (Å²) in [7, 11) is 1.55. The van der Waals surface area contributed by atoms with Crippen molar-refractivity contribution in [1.29, 1.82) is 0 Å². The maximum Gasteiger partial charge on any atom is 0.251 e. The number of carbonyl (C=O) groups excluding carboxylic acids is 2. The summed E-state index contributed by atoms with van der Waals surface area (Å²) in [4.78, 5) is 27.6. The molecule has 44 heavy (non-hydrogen) atoms. The molecule has 12 heteroatoms.